The third-order valence-electron chi connectivity index (χ3n) is 6.72. The zero-order chi connectivity index (χ0) is 23.8. The first kappa shape index (κ1) is 24.2. The van der Waals surface area contributed by atoms with Gasteiger partial charge in [0.15, 0.2) is 0 Å². The first-order valence-corrected chi connectivity index (χ1v) is 12.3. The fraction of sp³-hybridized carbons (Fsp3) is 0.429. The summed E-state index contributed by atoms with van der Waals surface area (Å²) in [4.78, 5) is 10.7. The Kier molecular flexibility index (Phi) is 8.50. The van der Waals surface area contributed by atoms with Crippen LogP contribution in [0.1, 0.15) is 37.8 Å². The van der Waals surface area contributed by atoms with Gasteiger partial charge in [0.25, 0.3) is 0 Å². The lowest BCUT2D eigenvalue weighted by molar-refractivity contribution is -0.142. The minimum Gasteiger partial charge on any atom is -0.480 e. The van der Waals surface area contributed by atoms with Crippen molar-refractivity contribution in [3.05, 3.63) is 66.4 Å². The predicted octanol–water partition coefficient (Wildman–Crippen LogP) is 5.05. The molecule has 0 amide bonds. The molecule has 0 aliphatic heterocycles. The van der Waals surface area contributed by atoms with Gasteiger partial charge in [-0.1, -0.05) is 60.7 Å². The topological polar surface area (TPSA) is 84.6 Å². The van der Waals surface area contributed by atoms with Gasteiger partial charge >= 0.3 is 5.97 Å². The van der Waals surface area contributed by atoms with Crippen LogP contribution >= 0.6 is 0 Å². The zero-order valence-electron chi connectivity index (χ0n) is 19.6. The van der Waals surface area contributed by atoms with E-state index in [1.807, 2.05) is 24.3 Å². The monoisotopic (exact) mass is 462 g/mol. The number of ether oxygens (including phenoxy) is 1. The standard InChI is InChI=1S/C28H34N2O4/c31-17-7-12-25-27(23-8-3-1-4-9-23)28(24-10-5-2-6-11-24)29-30(25)18-21-13-15-22(16-14-21)19-34-20-26(32)33/h1-6,8-11,21-22,31H,7,12-20H2,(H,32,33)/t21-,22-. The summed E-state index contributed by atoms with van der Waals surface area (Å²) in [5.41, 5.74) is 5.60. The van der Waals surface area contributed by atoms with E-state index >= 15 is 0 Å². The smallest absolute Gasteiger partial charge is 0.329 e. The predicted molar refractivity (Wildman–Crippen MR) is 132 cm³/mol. The lowest BCUT2D eigenvalue weighted by atomic mass is 9.82. The van der Waals surface area contributed by atoms with Crippen LogP contribution in [0.4, 0.5) is 0 Å². The molecule has 0 bridgehead atoms. The highest BCUT2D eigenvalue weighted by atomic mass is 16.5. The molecule has 180 valence electrons. The summed E-state index contributed by atoms with van der Waals surface area (Å²) in [7, 11) is 0. The Bertz CT molecular complexity index is 1040. The highest BCUT2D eigenvalue weighted by molar-refractivity contribution is 5.82. The number of aliphatic carboxylic acids is 1. The molecule has 0 spiro atoms. The Morgan fingerprint density at radius 2 is 1.56 bits per heavy atom. The van der Waals surface area contributed by atoms with Crippen LogP contribution in [0.3, 0.4) is 0 Å². The number of carboxylic acid groups (broad SMARTS) is 1. The van der Waals surface area contributed by atoms with Crippen molar-refractivity contribution in [3.8, 4) is 22.4 Å². The quantitative estimate of drug-likeness (QED) is 0.417. The Morgan fingerprint density at radius 3 is 2.18 bits per heavy atom. The molecule has 2 N–H and O–H groups in total. The molecule has 6 nitrogen and oxygen atoms in total. The van der Waals surface area contributed by atoms with E-state index in [2.05, 4.69) is 41.1 Å². The number of hydrogen-bond acceptors (Lipinski definition) is 4. The van der Waals surface area contributed by atoms with Gasteiger partial charge in [-0.2, -0.15) is 5.10 Å². The van der Waals surface area contributed by atoms with Gasteiger partial charge in [-0.15, -0.1) is 0 Å². The lowest BCUT2D eigenvalue weighted by Gasteiger charge is -2.28. The van der Waals surface area contributed by atoms with Crippen molar-refractivity contribution >= 4 is 5.97 Å². The van der Waals surface area contributed by atoms with E-state index in [1.54, 1.807) is 0 Å². The van der Waals surface area contributed by atoms with Crippen molar-refractivity contribution < 1.29 is 19.7 Å². The summed E-state index contributed by atoms with van der Waals surface area (Å²) < 4.78 is 7.51. The van der Waals surface area contributed by atoms with Crippen LogP contribution in [0.2, 0.25) is 0 Å². The Labute approximate surface area is 201 Å². The summed E-state index contributed by atoms with van der Waals surface area (Å²) in [6.45, 7) is 1.32. The van der Waals surface area contributed by atoms with Crippen molar-refractivity contribution in [3.63, 3.8) is 0 Å². The maximum Gasteiger partial charge on any atom is 0.329 e. The largest absolute Gasteiger partial charge is 0.480 e. The minimum atomic E-state index is -0.911. The molecule has 0 saturated heterocycles. The third kappa shape index (κ3) is 6.13. The molecule has 4 rings (SSSR count). The zero-order valence-corrected chi connectivity index (χ0v) is 19.6. The van der Waals surface area contributed by atoms with E-state index in [1.165, 1.54) is 5.69 Å². The normalized spacial score (nSPS) is 18.1. The SMILES string of the molecule is O=C(O)COC[C@H]1CC[C@H](Cn2nc(-c3ccccc3)c(-c3ccccc3)c2CCCO)CC1. The van der Waals surface area contributed by atoms with Crippen molar-refractivity contribution in [2.75, 3.05) is 19.8 Å². The van der Waals surface area contributed by atoms with Crippen LogP contribution in [0.15, 0.2) is 60.7 Å². The molecule has 0 unspecified atom stereocenters. The number of carbonyl (C=O) groups is 1. The van der Waals surface area contributed by atoms with Crippen molar-refractivity contribution in [2.45, 2.75) is 45.1 Å². The van der Waals surface area contributed by atoms with Crippen LogP contribution in [-0.4, -0.2) is 45.8 Å². The highest BCUT2D eigenvalue weighted by Crippen LogP contribution is 2.37. The number of carboxylic acids is 1. The number of rotatable bonds is 11. The molecule has 1 aliphatic carbocycles. The average molecular weight is 463 g/mol. The number of aromatic nitrogens is 2. The number of aliphatic hydroxyl groups is 1. The van der Waals surface area contributed by atoms with Crippen LogP contribution in [0, 0.1) is 11.8 Å². The fourth-order valence-corrected chi connectivity index (χ4v) is 4.99. The molecule has 1 aromatic heterocycles. The second-order valence-corrected chi connectivity index (χ2v) is 9.21. The number of nitrogens with zero attached hydrogens (tertiary/aromatic N) is 2. The molecule has 1 fully saturated rings. The molecule has 6 heteroatoms. The molecule has 1 heterocycles. The van der Waals surface area contributed by atoms with Crippen molar-refractivity contribution in [2.24, 2.45) is 11.8 Å². The molecular weight excluding hydrogens is 428 g/mol. The van der Waals surface area contributed by atoms with Gasteiger partial charge in [-0.05, 0) is 55.9 Å². The van der Waals surface area contributed by atoms with Gasteiger partial charge in [-0.3, -0.25) is 4.68 Å². The highest BCUT2D eigenvalue weighted by Gasteiger charge is 2.25. The van der Waals surface area contributed by atoms with E-state index in [-0.39, 0.29) is 13.2 Å². The van der Waals surface area contributed by atoms with Gasteiger partial charge in [0, 0.05) is 30.0 Å². The van der Waals surface area contributed by atoms with Crippen molar-refractivity contribution in [1.82, 2.24) is 9.78 Å². The van der Waals surface area contributed by atoms with Crippen molar-refractivity contribution in [1.29, 1.82) is 0 Å². The van der Waals surface area contributed by atoms with Gasteiger partial charge < -0.3 is 14.9 Å². The fourth-order valence-electron chi connectivity index (χ4n) is 4.99. The van der Waals surface area contributed by atoms with Crippen LogP contribution in [0.25, 0.3) is 22.4 Å². The van der Waals surface area contributed by atoms with Gasteiger partial charge in [0.2, 0.25) is 0 Å². The van der Waals surface area contributed by atoms with E-state index in [0.29, 0.717) is 24.9 Å². The molecular formula is C28H34N2O4. The maximum atomic E-state index is 10.7. The van der Waals surface area contributed by atoms with Gasteiger partial charge in [0.05, 0.1) is 6.61 Å². The summed E-state index contributed by atoms with van der Waals surface area (Å²) in [6, 6.07) is 20.8. The molecule has 0 radical (unpaired) electrons. The first-order chi connectivity index (χ1) is 16.7. The first-order valence-electron chi connectivity index (χ1n) is 12.3. The van der Waals surface area contributed by atoms with Crippen LogP contribution in [0.5, 0.6) is 0 Å². The Morgan fingerprint density at radius 1 is 0.941 bits per heavy atom. The van der Waals surface area contributed by atoms with E-state index in [0.717, 1.165) is 61.0 Å². The van der Waals surface area contributed by atoms with Crippen LogP contribution < -0.4 is 0 Å². The Hall–Kier alpha value is -2.96. The van der Waals surface area contributed by atoms with E-state index in [9.17, 15) is 9.90 Å². The summed E-state index contributed by atoms with van der Waals surface area (Å²) in [5, 5.41) is 23.5. The van der Waals surface area contributed by atoms with Gasteiger partial charge in [-0.25, -0.2) is 4.79 Å². The third-order valence-corrected chi connectivity index (χ3v) is 6.72. The number of benzene rings is 2. The second-order valence-electron chi connectivity index (χ2n) is 9.21. The molecule has 3 aromatic rings. The lowest BCUT2D eigenvalue weighted by Crippen LogP contribution is -2.24. The second kappa shape index (κ2) is 12.0. The molecule has 0 atom stereocenters. The van der Waals surface area contributed by atoms with E-state index in [4.69, 9.17) is 14.9 Å². The minimum absolute atomic E-state index is 0.154. The maximum absolute atomic E-state index is 10.7. The summed E-state index contributed by atoms with van der Waals surface area (Å²) in [6.07, 6.45) is 5.75. The molecule has 1 saturated carbocycles. The number of aliphatic hydroxyl groups excluding tert-OH is 1. The van der Waals surface area contributed by atoms with Gasteiger partial charge in [0.1, 0.15) is 12.3 Å². The molecule has 1 aliphatic rings. The van der Waals surface area contributed by atoms with Crippen LogP contribution in [-0.2, 0) is 22.5 Å². The summed E-state index contributed by atoms with van der Waals surface area (Å²) in [5.74, 6) is 0.0452. The van der Waals surface area contributed by atoms with E-state index < -0.39 is 5.97 Å². The molecule has 2 aromatic carbocycles. The average Bonchev–Trinajstić information content (AvgIpc) is 3.22. The number of hydrogen-bond donors (Lipinski definition) is 2. The Balaban J connectivity index is 1.57. The summed E-state index contributed by atoms with van der Waals surface area (Å²) >= 11 is 0. The molecule has 34 heavy (non-hydrogen) atoms.